The zero-order valence-corrected chi connectivity index (χ0v) is 20.9. The maximum Gasteiger partial charge on any atom is 0.189 e. The van der Waals surface area contributed by atoms with Gasteiger partial charge < -0.3 is 20.9 Å². The van der Waals surface area contributed by atoms with Crippen molar-refractivity contribution in [1.29, 1.82) is 0 Å². The molecule has 1 saturated heterocycles. The predicted octanol–water partition coefficient (Wildman–Crippen LogP) is 4.29. The lowest BCUT2D eigenvalue weighted by atomic mass is 10.1. The van der Waals surface area contributed by atoms with Gasteiger partial charge in [-0.25, -0.2) is 14.4 Å². The van der Waals surface area contributed by atoms with Crippen LogP contribution in [0.4, 0.5) is 15.9 Å². The van der Waals surface area contributed by atoms with Crippen LogP contribution in [-0.2, 0) is 6.54 Å². The quantitative estimate of drug-likeness (QED) is 0.251. The Morgan fingerprint density at radius 2 is 1.66 bits per heavy atom. The summed E-state index contributed by atoms with van der Waals surface area (Å²) in [7, 11) is 0. The van der Waals surface area contributed by atoms with Crippen LogP contribution in [0.2, 0.25) is 0 Å². The van der Waals surface area contributed by atoms with Gasteiger partial charge in [-0.05, 0) is 54.8 Å². The van der Waals surface area contributed by atoms with E-state index in [0.29, 0.717) is 18.5 Å². The van der Waals surface area contributed by atoms with Gasteiger partial charge in [0.1, 0.15) is 11.6 Å². The fraction of sp³-hybridized carbons (Fsp3) is 0.500. The second-order valence-electron chi connectivity index (χ2n) is 8.51. The lowest BCUT2D eigenvalue weighted by molar-refractivity contribution is 0.530. The van der Waals surface area contributed by atoms with Crippen LogP contribution in [0.25, 0.3) is 0 Å². The van der Waals surface area contributed by atoms with Crippen LogP contribution in [0, 0.1) is 5.82 Å². The van der Waals surface area contributed by atoms with Crippen LogP contribution >= 0.6 is 24.0 Å². The molecular formula is C24H34FIN6. The summed E-state index contributed by atoms with van der Waals surface area (Å²) < 4.78 is 13.2. The van der Waals surface area contributed by atoms with Gasteiger partial charge >= 0.3 is 0 Å². The molecule has 2 heterocycles. The first kappa shape index (κ1) is 24.5. The molecule has 0 bridgehead atoms. The minimum Gasteiger partial charge on any atom is -0.370 e. The Kier molecular flexibility index (Phi) is 9.37. The minimum atomic E-state index is -0.198. The van der Waals surface area contributed by atoms with Gasteiger partial charge in [-0.2, -0.15) is 0 Å². The molecule has 4 rings (SSSR count). The summed E-state index contributed by atoms with van der Waals surface area (Å²) in [6.45, 7) is 4.07. The Labute approximate surface area is 207 Å². The number of pyridine rings is 1. The van der Waals surface area contributed by atoms with E-state index in [2.05, 4.69) is 31.2 Å². The highest BCUT2D eigenvalue weighted by molar-refractivity contribution is 14.0. The molecule has 32 heavy (non-hydrogen) atoms. The van der Waals surface area contributed by atoms with Crippen molar-refractivity contribution in [2.24, 2.45) is 10.7 Å². The largest absolute Gasteiger partial charge is 0.370 e. The zero-order chi connectivity index (χ0) is 21.5. The summed E-state index contributed by atoms with van der Waals surface area (Å²) in [5, 5.41) is 3.40. The molecule has 2 aliphatic rings. The van der Waals surface area contributed by atoms with E-state index in [1.165, 1.54) is 50.7 Å². The fourth-order valence-corrected chi connectivity index (χ4v) is 4.43. The van der Waals surface area contributed by atoms with Gasteiger partial charge in [-0.3, -0.25) is 0 Å². The number of benzene rings is 1. The first-order valence-electron chi connectivity index (χ1n) is 11.4. The van der Waals surface area contributed by atoms with E-state index in [0.717, 1.165) is 43.2 Å². The van der Waals surface area contributed by atoms with Crippen LogP contribution in [-0.4, -0.2) is 43.2 Å². The number of rotatable bonds is 5. The molecule has 0 amide bonds. The van der Waals surface area contributed by atoms with Gasteiger partial charge in [-0.1, -0.05) is 25.7 Å². The number of guanidine groups is 1. The Morgan fingerprint density at radius 1 is 1.00 bits per heavy atom. The number of hydrogen-bond donors (Lipinski definition) is 2. The highest BCUT2D eigenvalue weighted by atomic mass is 127. The number of halogens is 2. The molecule has 6 nitrogen and oxygen atoms in total. The maximum atomic E-state index is 13.2. The summed E-state index contributed by atoms with van der Waals surface area (Å²) >= 11 is 0. The number of nitrogens with two attached hydrogens (primary N) is 1. The van der Waals surface area contributed by atoms with Crippen molar-refractivity contribution in [3.05, 3.63) is 54.0 Å². The number of hydrogen-bond acceptors (Lipinski definition) is 4. The van der Waals surface area contributed by atoms with E-state index in [4.69, 9.17) is 5.73 Å². The van der Waals surface area contributed by atoms with E-state index >= 15 is 0 Å². The Hall–Kier alpha value is -2.10. The second-order valence-corrected chi connectivity index (χ2v) is 8.51. The first-order valence-corrected chi connectivity index (χ1v) is 11.4. The van der Waals surface area contributed by atoms with Crippen LogP contribution in [0.15, 0.2) is 47.6 Å². The normalized spacial score (nSPS) is 18.1. The van der Waals surface area contributed by atoms with Gasteiger partial charge in [0.2, 0.25) is 0 Å². The third-order valence-corrected chi connectivity index (χ3v) is 6.24. The number of piperazine rings is 1. The molecular weight excluding hydrogens is 518 g/mol. The molecule has 0 radical (unpaired) electrons. The number of anilines is 2. The summed E-state index contributed by atoms with van der Waals surface area (Å²) in [5.41, 5.74) is 8.32. The van der Waals surface area contributed by atoms with E-state index in [1.807, 2.05) is 24.4 Å². The SMILES string of the molecule is I.NC(=NCc1ccnc(N2CCN(c3ccc(F)cc3)CC2)c1)NC1CCCCCC1. The number of nitrogens with one attached hydrogen (secondary N) is 1. The first-order chi connectivity index (χ1) is 15.2. The Balaban J connectivity index is 0.00000289. The third kappa shape index (κ3) is 6.95. The van der Waals surface area contributed by atoms with Crippen molar-refractivity contribution in [2.75, 3.05) is 36.0 Å². The number of aromatic nitrogens is 1. The van der Waals surface area contributed by atoms with Gasteiger partial charge in [0.25, 0.3) is 0 Å². The van der Waals surface area contributed by atoms with E-state index in [9.17, 15) is 4.39 Å². The lowest BCUT2D eigenvalue weighted by Gasteiger charge is -2.36. The predicted molar refractivity (Wildman–Crippen MR) is 140 cm³/mol. The monoisotopic (exact) mass is 552 g/mol. The van der Waals surface area contributed by atoms with Crippen LogP contribution in [0.1, 0.15) is 44.1 Å². The van der Waals surface area contributed by atoms with Gasteiger partial charge in [0, 0.05) is 44.1 Å². The fourth-order valence-electron chi connectivity index (χ4n) is 4.43. The molecule has 0 spiro atoms. The molecule has 2 fully saturated rings. The van der Waals surface area contributed by atoms with Gasteiger partial charge in [0.05, 0.1) is 6.54 Å². The van der Waals surface area contributed by atoms with Crippen molar-refractivity contribution >= 4 is 41.4 Å². The summed E-state index contributed by atoms with van der Waals surface area (Å²) in [6, 6.07) is 11.3. The minimum absolute atomic E-state index is 0. The highest BCUT2D eigenvalue weighted by Crippen LogP contribution is 2.21. The third-order valence-electron chi connectivity index (χ3n) is 6.24. The highest BCUT2D eigenvalue weighted by Gasteiger charge is 2.18. The molecule has 1 aromatic carbocycles. The lowest BCUT2D eigenvalue weighted by Crippen LogP contribution is -2.46. The molecule has 8 heteroatoms. The summed E-state index contributed by atoms with van der Waals surface area (Å²) in [4.78, 5) is 13.7. The molecule has 1 saturated carbocycles. The zero-order valence-electron chi connectivity index (χ0n) is 18.5. The van der Waals surface area contributed by atoms with Gasteiger partial charge in [-0.15, -0.1) is 24.0 Å². The van der Waals surface area contributed by atoms with Crippen LogP contribution < -0.4 is 20.9 Å². The molecule has 0 atom stereocenters. The average Bonchev–Trinajstić information content (AvgIpc) is 3.07. The van der Waals surface area contributed by atoms with E-state index < -0.39 is 0 Å². The average molecular weight is 552 g/mol. The van der Waals surface area contributed by atoms with Crippen LogP contribution in [0.3, 0.4) is 0 Å². The van der Waals surface area contributed by atoms with Crippen LogP contribution in [0.5, 0.6) is 0 Å². The smallest absolute Gasteiger partial charge is 0.189 e. The van der Waals surface area contributed by atoms with Crippen molar-refractivity contribution in [2.45, 2.75) is 51.1 Å². The number of nitrogens with zero attached hydrogens (tertiary/aromatic N) is 4. The van der Waals surface area contributed by atoms with Crippen molar-refractivity contribution < 1.29 is 4.39 Å². The molecule has 0 unspecified atom stereocenters. The number of aliphatic imine (C=N–C) groups is 1. The molecule has 1 aliphatic carbocycles. The van der Waals surface area contributed by atoms with Crippen molar-refractivity contribution in [3.8, 4) is 0 Å². The molecule has 2 aromatic rings. The molecule has 3 N–H and O–H groups in total. The van der Waals surface area contributed by atoms with E-state index in [1.54, 1.807) is 0 Å². The Bertz CT molecular complexity index is 859. The van der Waals surface area contributed by atoms with Gasteiger partial charge in [0.15, 0.2) is 5.96 Å². The van der Waals surface area contributed by atoms with Crippen molar-refractivity contribution in [1.82, 2.24) is 10.3 Å². The van der Waals surface area contributed by atoms with E-state index in [-0.39, 0.29) is 29.8 Å². The van der Waals surface area contributed by atoms with Crippen molar-refractivity contribution in [3.63, 3.8) is 0 Å². The summed E-state index contributed by atoms with van der Waals surface area (Å²) in [6.07, 6.45) is 9.40. The Morgan fingerprint density at radius 3 is 2.34 bits per heavy atom. The maximum absolute atomic E-state index is 13.2. The second kappa shape index (κ2) is 12.2. The summed E-state index contributed by atoms with van der Waals surface area (Å²) in [5.74, 6) is 1.32. The molecule has 174 valence electrons. The topological polar surface area (TPSA) is 69.8 Å². The molecule has 1 aliphatic heterocycles. The molecule has 1 aromatic heterocycles. The standard InChI is InChI=1S/C24H33FN6.HI/c25-20-7-9-22(10-8-20)30-13-15-31(16-14-30)23-17-19(11-12-27-23)18-28-24(26)29-21-5-3-1-2-4-6-21;/h7-12,17,21H,1-6,13-16,18H2,(H3,26,28,29);1H.